The van der Waals surface area contributed by atoms with Crippen LogP contribution in [0.15, 0.2) is 66.9 Å². The number of anilines is 1. The van der Waals surface area contributed by atoms with E-state index in [1.807, 2.05) is 75.4 Å². The summed E-state index contributed by atoms with van der Waals surface area (Å²) >= 11 is 0. The molecule has 4 aromatic rings. The number of ether oxygens (including phenoxy) is 1. The van der Waals surface area contributed by atoms with Gasteiger partial charge >= 0.3 is 6.09 Å². The Kier molecular flexibility index (Phi) is 9.62. The monoisotopic (exact) mass is 720 g/mol. The zero-order chi connectivity index (χ0) is 37.5. The topological polar surface area (TPSA) is 134 Å². The SMILES string of the molecule is CN(C)C(=O)c1ccc(CN2CCn3c(C(=O)NCc4ccc(NC(=O)c5cnn6c5CN(C(=O)OC(C)(C)C)CC6)cc4)ccc3C23CCC3)cc1. The van der Waals surface area contributed by atoms with Crippen LogP contribution >= 0.6 is 0 Å². The molecular weight excluding hydrogens is 672 g/mol. The van der Waals surface area contributed by atoms with E-state index in [0.717, 1.165) is 44.5 Å². The number of fused-ring (bicyclic) bond motifs is 3. The molecule has 7 rings (SSSR count). The quantitative estimate of drug-likeness (QED) is 0.255. The van der Waals surface area contributed by atoms with Crippen molar-refractivity contribution in [1.82, 2.24) is 34.4 Å². The van der Waals surface area contributed by atoms with Crippen molar-refractivity contribution in [3.05, 3.63) is 106 Å². The van der Waals surface area contributed by atoms with Crippen LogP contribution in [0.2, 0.25) is 0 Å². The predicted molar refractivity (Wildman–Crippen MR) is 199 cm³/mol. The first kappa shape index (κ1) is 36.0. The Morgan fingerprint density at radius 1 is 0.868 bits per heavy atom. The number of amides is 4. The van der Waals surface area contributed by atoms with Gasteiger partial charge in [0.05, 0.1) is 36.1 Å². The number of nitrogens with one attached hydrogen (secondary N) is 2. The average molecular weight is 721 g/mol. The van der Waals surface area contributed by atoms with E-state index in [1.165, 1.54) is 17.5 Å². The van der Waals surface area contributed by atoms with Gasteiger partial charge in [-0.2, -0.15) is 5.10 Å². The third-order valence-electron chi connectivity index (χ3n) is 10.5. The van der Waals surface area contributed by atoms with Crippen molar-refractivity contribution < 1.29 is 23.9 Å². The summed E-state index contributed by atoms with van der Waals surface area (Å²) in [6, 6.07) is 19.3. The third-order valence-corrected chi connectivity index (χ3v) is 10.5. The number of benzene rings is 2. The molecule has 0 atom stereocenters. The molecule has 2 aromatic carbocycles. The molecule has 13 heteroatoms. The number of rotatable bonds is 8. The van der Waals surface area contributed by atoms with E-state index < -0.39 is 11.7 Å². The van der Waals surface area contributed by atoms with Crippen molar-refractivity contribution in [2.24, 2.45) is 0 Å². The molecule has 0 saturated heterocycles. The fraction of sp³-hybridized carbons (Fsp3) is 0.425. The van der Waals surface area contributed by atoms with Crippen molar-refractivity contribution in [2.45, 2.75) is 83.9 Å². The molecule has 1 aliphatic carbocycles. The first-order valence-electron chi connectivity index (χ1n) is 18.3. The molecular formula is C40H48N8O5. The lowest BCUT2D eigenvalue weighted by Gasteiger charge is -2.53. The normalized spacial score (nSPS) is 16.3. The van der Waals surface area contributed by atoms with Gasteiger partial charge in [0.15, 0.2) is 0 Å². The smallest absolute Gasteiger partial charge is 0.410 e. The maximum absolute atomic E-state index is 13.5. The van der Waals surface area contributed by atoms with E-state index in [1.54, 1.807) is 28.6 Å². The van der Waals surface area contributed by atoms with Gasteiger partial charge < -0.3 is 29.7 Å². The first-order valence-corrected chi connectivity index (χ1v) is 18.3. The molecule has 1 fully saturated rings. The van der Waals surface area contributed by atoms with Crippen LogP contribution < -0.4 is 10.6 Å². The lowest BCUT2D eigenvalue weighted by atomic mass is 9.71. The van der Waals surface area contributed by atoms with Gasteiger partial charge in [0.1, 0.15) is 11.3 Å². The molecule has 53 heavy (non-hydrogen) atoms. The molecule has 13 nitrogen and oxygen atoms in total. The molecule has 1 spiro atoms. The average Bonchev–Trinajstić information content (AvgIpc) is 3.74. The highest BCUT2D eigenvalue weighted by molar-refractivity contribution is 6.05. The second kappa shape index (κ2) is 14.2. The molecule has 0 unspecified atom stereocenters. The van der Waals surface area contributed by atoms with E-state index in [9.17, 15) is 19.2 Å². The maximum Gasteiger partial charge on any atom is 0.410 e. The van der Waals surface area contributed by atoms with Crippen molar-refractivity contribution in [3.63, 3.8) is 0 Å². The highest BCUT2D eigenvalue weighted by Gasteiger charge is 2.48. The summed E-state index contributed by atoms with van der Waals surface area (Å²) in [5.74, 6) is -0.437. The van der Waals surface area contributed by atoms with Gasteiger partial charge in [0.25, 0.3) is 17.7 Å². The zero-order valence-corrected chi connectivity index (χ0v) is 31.1. The van der Waals surface area contributed by atoms with Crippen molar-refractivity contribution in [3.8, 4) is 0 Å². The predicted octanol–water partition coefficient (Wildman–Crippen LogP) is 5.21. The number of carbonyl (C=O) groups is 4. The molecule has 2 N–H and O–H groups in total. The lowest BCUT2D eigenvalue weighted by molar-refractivity contribution is -0.0217. The van der Waals surface area contributed by atoms with Gasteiger partial charge in [-0.05, 0) is 87.6 Å². The van der Waals surface area contributed by atoms with Crippen LogP contribution in [0.5, 0.6) is 0 Å². The number of nitrogens with zero attached hydrogens (tertiary/aromatic N) is 6. The first-order chi connectivity index (χ1) is 25.3. The molecule has 4 amide bonds. The molecule has 2 aliphatic heterocycles. The van der Waals surface area contributed by atoms with Gasteiger partial charge in [-0.1, -0.05) is 24.3 Å². The Morgan fingerprint density at radius 2 is 1.58 bits per heavy atom. The minimum atomic E-state index is -0.611. The van der Waals surface area contributed by atoms with Crippen LogP contribution in [0.3, 0.4) is 0 Å². The Balaban J connectivity index is 0.947. The summed E-state index contributed by atoms with van der Waals surface area (Å²) in [6.45, 7) is 9.32. The number of hydrogen-bond donors (Lipinski definition) is 2. The van der Waals surface area contributed by atoms with Crippen LogP contribution in [-0.4, -0.2) is 85.6 Å². The number of hydrogen-bond acceptors (Lipinski definition) is 7. The third kappa shape index (κ3) is 7.30. The van der Waals surface area contributed by atoms with Gasteiger partial charge in [-0.3, -0.25) is 24.0 Å². The second-order valence-corrected chi connectivity index (χ2v) is 15.4. The molecule has 278 valence electrons. The Morgan fingerprint density at radius 3 is 2.25 bits per heavy atom. The zero-order valence-electron chi connectivity index (χ0n) is 31.1. The van der Waals surface area contributed by atoms with Gasteiger partial charge in [-0.25, -0.2) is 4.79 Å². The van der Waals surface area contributed by atoms with Crippen LogP contribution in [0.25, 0.3) is 0 Å². The summed E-state index contributed by atoms with van der Waals surface area (Å²) in [5.41, 5.74) is 5.58. The molecule has 0 radical (unpaired) electrons. The fourth-order valence-electron chi connectivity index (χ4n) is 7.55. The van der Waals surface area contributed by atoms with E-state index in [0.29, 0.717) is 47.8 Å². The highest BCUT2D eigenvalue weighted by atomic mass is 16.6. The van der Waals surface area contributed by atoms with Crippen molar-refractivity contribution in [1.29, 1.82) is 0 Å². The van der Waals surface area contributed by atoms with Crippen LogP contribution in [0.1, 0.15) is 93.8 Å². The summed E-state index contributed by atoms with van der Waals surface area (Å²) in [6.07, 6.45) is 4.36. The van der Waals surface area contributed by atoms with Crippen LogP contribution in [-0.2, 0) is 43.0 Å². The lowest BCUT2D eigenvalue weighted by Crippen LogP contribution is -2.56. The molecule has 0 bridgehead atoms. The van der Waals surface area contributed by atoms with E-state index in [2.05, 4.69) is 31.3 Å². The summed E-state index contributed by atoms with van der Waals surface area (Å²) in [5, 5.41) is 10.4. The molecule has 2 aromatic heterocycles. The van der Waals surface area contributed by atoms with E-state index in [4.69, 9.17) is 4.74 Å². The highest BCUT2D eigenvalue weighted by Crippen LogP contribution is 2.49. The van der Waals surface area contributed by atoms with Crippen LogP contribution in [0.4, 0.5) is 10.5 Å². The van der Waals surface area contributed by atoms with Gasteiger partial charge in [-0.15, -0.1) is 0 Å². The number of aromatic nitrogens is 3. The summed E-state index contributed by atoms with van der Waals surface area (Å²) < 4.78 is 9.46. The van der Waals surface area contributed by atoms with Crippen molar-refractivity contribution in [2.75, 3.05) is 32.5 Å². The minimum absolute atomic E-state index is 0.00426. The Labute approximate surface area is 309 Å². The van der Waals surface area contributed by atoms with Crippen molar-refractivity contribution >= 4 is 29.5 Å². The number of carbonyl (C=O) groups excluding carboxylic acids is 4. The van der Waals surface area contributed by atoms with E-state index in [-0.39, 0.29) is 29.8 Å². The summed E-state index contributed by atoms with van der Waals surface area (Å²) in [7, 11) is 3.52. The minimum Gasteiger partial charge on any atom is -0.444 e. The maximum atomic E-state index is 13.5. The van der Waals surface area contributed by atoms with E-state index >= 15 is 0 Å². The molecule has 1 saturated carbocycles. The largest absolute Gasteiger partial charge is 0.444 e. The second-order valence-electron chi connectivity index (χ2n) is 15.4. The molecule has 4 heterocycles. The fourth-order valence-corrected chi connectivity index (χ4v) is 7.55. The summed E-state index contributed by atoms with van der Waals surface area (Å²) in [4.78, 5) is 57.5. The Hall–Kier alpha value is -5.43. The molecule has 3 aliphatic rings. The van der Waals surface area contributed by atoms with Crippen LogP contribution in [0, 0.1) is 0 Å². The Bertz CT molecular complexity index is 2020. The van der Waals surface area contributed by atoms with Gasteiger partial charge in [0.2, 0.25) is 0 Å². The standard InChI is InChI=1S/C40H48N8O5/c1-39(2,3)53-38(52)45-19-22-48-33(26-45)31(24-42-48)35(49)43-30-13-9-27(10-14-30)23-41-36(50)32-15-16-34-40(17-6-18-40)46(20-21-47(32)34)25-28-7-11-29(12-8-28)37(51)44(4)5/h7-16,24H,6,17-23,25-26H2,1-5H3,(H,41,50)(H,43,49). The van der Waals surface area contributed by atoms with Gasteiger partial charge in [0, 0.05) is 63.8 Å².